The van der Waals surface area contributed by atoms with Gasteiger partial charge in [0.15, 0.2) is 5.58 Å². The van der Waals surface area contributed by atoms with Crippen LogP contribution in [0.4, 0.5) is 4.39 Å². The van der Waals surface area contributed by atoms with Gasteiger partial charge in [-0.25, -0.2) is 9.07 Å². The number of nitrogens with zero attached hydrogens (tertiary/aromatic N) is 3. The molecule has 0 aliphatic heterocycles. The summed E-state index contributed by atoms with van der Waals surface area (Å²) in [6, 6.07) is 9.48. The summed E-state index contributed by atoms with van der Waals surface area (Å²) in [5.41, 5.74) is 2.56. The van der Waals surface area contributed by atoms with Crippen LogP contribution in [0.25, 0.3) is 16.6 Å². The van der Waals surface area contributed by atoms with Crippen molar-refractivity contribution in [3.63, 3.8) is 0 Å². The highest BCUT2D eigenvalue weighted by Gasteiger charge is 2.14. The van der Waals surface area contributed by atoms with E-state index in [0.29, 0.717) is 36.4 Å². The molecular formula is C20H19FN4O3. The molecule has 0 aliphatic rings. The predicted octanol–water partition coefficient (Wildman–Crippen LogP) is 2.79. The molecule has 0 saturated carbocycles. The Balaban J connectivity index is 1.38. The molecule has 7 nitrogen and oxygen atoms in total. The van der Waals surface area contributed by atoms with Crippen LogP contribution in [0.1, 0.15) is 24.2 Å². The van der Waals surface area contributed by atoms with Crippen LogP contribution in [-0.4, -0.2) is 20.1 Å². The van der Waals surface area contributed by atoms with E-state index in [2.05, 4.69) is 10.4 Å². The zero-order valence-corrected chi connectivity index (χ0v) is 15.3. The highest BCUT2D eigenvalue weighted by Crippen LogP contribution is 2.19. The van der Waals surface area contributed by atoms with Crippen molar-refractivity contribution >= 4 is 22.5 Å². The number of hydrogen-bond donors (Lipinski definition) is 1. The Morgan fingerprint density at radius 1 is 1.21 bits per heavy atom. The highest BCUT2D eigenvalue weighted by molar-refractivity contribution is 5.82. The van der Waals surface area contributed by atoms with Crippen molar-refractivity contribution in [3.05, 3.63) is 70.2 Å². The monoisotopic (exact) mass is 382 g/mol. The van der Waals surface area contributed by atoms with Crippen molar-refractivity contribution in [1.29, 1.82) is 0 Å². The minimum atomic E-state index is -0.309. The molecule has 4 aromatic rings. The van der Waals surface area contributed by atoms with E-state index in [1.807, 2.05) is 6.92 Å². The maximum atomic E-state index is 12.9. The number of halogens is 1. The van der Waals surface area contributed by atoms with Gasteiger partial charge in [-0.15, -0.1) is 0 Å². The Kier molecular flexibility index (Phi) is 4.68. The van der Waals surface area contributed by atoms with E-state index in [9.17, 15) is 14.0 Å². The normalized spacial score (nSPS) is 11.4. The molecule has 28 heavy (non-hydrogen) atoms. The lowest BCUT2D eigenvalue weighted by molar-refractivity contribution is -0.121. The molecule has 8 heteroatoms. The summed E-state index contributed by atoms with van der Waals surface area (Å²) in [6.07, 6.45) is 2.32. The van der Waals surface area contributed by atoms with Crippen molar-refractivity contribution in [2.45, 2.75) is 32.9 Å². The van der Waals surface area contributed by atoms with Gasteiger partial charge in [0.25, 0.3) is 5.56 Å². The van der Waals surface area contributed by atoms with Gasteiger partial charge in [0, 0.05) is 31.6 Å². The number of carbonyl (C=O) groups is 1. The summed E-state index contributed by atoms with van der Waals surface area (Å²) >= 11 is 0. The lowest BCUT2D eigenvalue weighted by Gasteiger charge is -2.09. The van der Waals surface area contributed by atoms with E-state index < -0.39 is 0 Å². The zero-order valence-electron chi connectivity index (χ0n) is 15.3. The molecule has 1 amide bonds. The Bertz CT molecular complexity index is 1200. The number of amides is 1. The smallest absolute Gasteiger partial charge is 0.291 e. The largest absolute Gasteiger partial charge is 0.463 e. The lowest BCUT2D eigenvalue weighted by Crippen LogP contribution is -2.27. The number of fused-ring (bicyclic) bond motifs is 3. The van der Waals surface area contributed by atoms with E-state index in [4.69, 9.17) is 4.42 Å². The summed E-state index contributed by atoms with van der Waals surface area (Å²) in [5.74, 6) is 0.234. The summed E-state index contributed by atoms with van der Waals surface area (Å²) in [4.78, 5) is 24.7. The fraction of sp³-hybridized carbons (Fsp3) is 0.250. The van der Waals surface area contributed by atoms with Gasteiger partial charge in [-0.05, 0) is 31.0 Å². The number of aromatic nitrogens is 3. The van der Waals surface area contributed by atoms with Crippen LogP contribution in [0.15, 0.2) is 51.9 Å². The molecule has 4 rings (SSSR count). The van der Waals surface area contributed by atoms with Crippen LogP contribution >= 0.6 is 0 Å². The molecule has 0 unspecified atom stereocenters. The van der Waals surface area contributed by atoms with Gasteiger partial charge in [-0.1, -0.05) is 12.1 Å². The molecule has 1 N–H and O–H groups in total. The number of nitrogens with one attached hydrogen (secondary N) is 1. The molecule has 3 aromatic heterocycles. The first-order valence-electron chi connectivity index (χ1n) is 9.00. The number of carbonyl (C=O) groups excluding carboxylic acids is 1. The maximum Gasteiger partial charge on any atom is 0.291 e. The number of rotatable bonds is 6. The van der Waals surface area contributed by atoms with Crippen LogP contribution in [0.3, 0.4) is 0 Å². The Labute approximate surface area is 159 Å². The molecular weight excluding hydrogens is 363 g/mol. The molecule has 0 fully saturated rings. The van der Waals surface area contributed by atoms with E-state index >= 15 is 0 Å². The SMILES string of the molecule is Cc1nn(CCCC(=O)NCc2ccc(F)cc2)c(=O)c2cc3occc3n12. The van der Waals surface area contributed by atoms with Gasteiger partial charge in [-0.3, -0.25) is 14.0 Å². The molecule has 144 valence electrons. The fourth-order valence-electron chi connectivity index (χ4n) is 3.26. The lowest BCUT2D eigenvalue weighted by atomic mass is 10.2. The number of furan rings is 1. The number of aryl methyl sites for hydroxylation is 2. The van der Waals surface area contributed by atoms with Gasteiger partial charge in [0.1, 0.15) is 17.2 Å². The minimum Gasteiger partial charge on any atom is -0.463 e. The summed E-state index contributed by atoms with van der Waals surface area (Å²) < 4.78 is 21.4. The summed E-state index contributed by atoms with van der Waals surface area (Å²) in [7, 11) is 0. The third-order valence-corrected chi connectivity index (χ3v) is 4.64. The summed E-state index contributed by atoms with van der Waals surface area (Å²) in [5, 5.41) is 7.15. The topological polar surface area (TPSA) is 81.5 Å². The maximum absolute atomic E-state index is 12.9. The Hall–Kier alpha value is -3.42. The first kappa shape index (κ1) is 18.0. The van der Waals surface area contributed by atoms with E-state index in [0.717, 1.165) is 11.1 Å². The van der Waals surface area contributed by atoms with E-state index in [-0.39, 0.29) is 23.7 Å². The predicted molar refractivity (Wildman–Crippen MR) is 101 cm³/mol. The van der Waals surface area contributed by atoms with E-state index in [1.165, 1.54) is 16.8 Å². The Morgan fingerprint density at radius 2 is 2.00 bits per heavy atom. The van der Waals surface area contributed by atoms with Gasteiger partial charge in [0.05, 0.1) is 11.8 Å². The highest BCUT2D eigenvalue weighted by atomic mass is 19.1. The first-order valence-corrected chi connectivity index (χ1v) is 9.00. The van der Waals surface area contributed by atoms with Crippen molar-refractivity contribution in [3.8, 4) is 0 Å². The van der Waals surface area contributed by atoms with Crippen LogP contribution < -0.4 is 10.9 Å². The van der Waals surface area contributed by atoms with Crippen LogP contribution in [-0.2, 0) is 17.9 Å². The molecule has 0 atom stereocenters. The minimum absolute atomic E-state index is 0.129. The molecule has 0 bridgehead atoms. The van der Waals surface area contributed by atoms with Gasteiger partial charge < -0.3 is 9.73 Å². The van der Waals surface area contributed by atoms with Crippen molar-refractivity contribution < 1.29 is 13.6 Å². The zero-order chi connectivity index (χ0) is 19.7. The average Bonchev–Trinajstić information content (AvgIpc) is 3.26. The number of hydrogen-bond acceptors (Lipinski definition) is 4. The second-order valence-electron chi connectivity index (χ2n) is 6.62. The van der Waals surface area contributed by atoms with Crippen molar-refractivity contribution in [1.82, 2.24) is 19.5 Å². The number of benzene rings is 1. The third-order valence-electron chi connectivity index (χ3n) is 4.64. The fourth-order valence-corrected chi connectivity index (χ4v) is 3.26. The van der Waals surface area contributed by atoms with Crippen molar-refractivity contribution in [2.24, 2.45) is 0 Å². The summed E-state index contributed by atoms with van der Waals surface area (Å²) in [6.45, 7) is 2.50. The quantitative estimate of drug-likeness (QED) is 0.556. The standard InChI is InChI=1S/C20H19FN4O3/c1-13-23-24(20(27)17-11-18-16(25(13)17)8-10-28-18)9-2-3-19(26)22-12-14-4-6-15(21)7-5-14/h4-8,10-11H,2-3,9,12H2,1H3,(H,22,26). The first-order chi connectivity index (χ1) is 13.5. The Morgan fingerprint density at radius 3 is 2.79 bits per heavy atom. The molecule has 0 spiro atoms. The molecule has 0 aliphatic carbocycles. The van der Waals surface area contributed by atoms with Gasteiger partial charge in [-0.2, -0.15) is 5.10 Å². The van der Waals surface area contributed by atoms with Crippen molar-refractivity contribution in [2.75, 3.05) is 0 Å². The molecule has 0 saturated heterocycles. The van der Waals surface area contributed by atoms with E-state index in [1.54, 1.807) is 34.9 Å². The average molecular weight is 382 g/mol. The van der Waals surface area contributed by atoms with Gasteiger partial charge >= 0.3 is 0 Å². The van der Waals surface area contributed by atoms with Crippen LogP contribution in [0.5, 0.6) is 0 Å². The molecule has 3 heterocycles. The molecule has 0 radical (unpaired) electrons. The van der Waals surface area contributed by atoms with Gasteiger partial charge in [0.2, 0.25) is 5.91 Å². The molecule has 1 aromatic carbocycles. The second kappa shape index (κ2) is 7.30. The van der Waals surface area contributed by atoms with Crippen LogP contribution in [0.2, 0.25) is 0 Å². The second-order valence-corrected chi connectivity index (χ2v) is 6.62. The van der Waals surface area contributed by atoms with Crippen LogP contribution in [0, 0.1) is 12.7 Å². The third kappa shape index (κ3) is 3.40.